The zero-order valence-corrected chi connectivity index (χ0v) is 13.6. The molecular formula is C19H14N2OS. The molecule has 0 fully saturated rings. The average Bonchev–Trinajstić information content (AvgIpc) is 3.13. The summed E-state index contributed by atoms with van der Waals surface area (Å²) >= 11 is 1.48. The van der Waals surface area contributed by atoms with E-state index in [1.165, 1.54) is 38.7 Å². The molecule has 3 nitrogen and oxygen atoms in total. The van der Waals surface area contributed by atoms with E-state index in [2.05, 4.69) is 65.9 Å². The highest BCUT2D eigenvalue weighted by Gasteiger charge is 2.38. The van der Waals surface area contributed by atoms with Gasteiger partial charge in [0, 0.05) is 16.2 Å². The van der Waals surface area contributed by atoms with E-state index in [0.717, 1.165) is 17.0 Å². The molecule has 23 heavy (non-hydrogen) atoms. The quantitative estimate of drug-likeness (QED) is 0.477. The van der Waals surface area contributed by atoms with Gasteiger partial charge in [-0.25, -0.2) is 4.98 Å². The molecule has 0 amide bonds. The molecule has 2 aromatic heterocycles. The molecule has 1 aliphatic heterocycles. The Kier molecular flexibility index (Phi) is 2.31. The Balaban J connectivity index is 2.10. The zero-order chi connectivity index (χ0) is 15.8. The van der Waals surface area contributed by atoms with Crippen molar-refractivity contribution in [3.63, 3.8) is 0 Å². The first-order valence-electron chi connectivity index (χ1n) is 7.62. The highest BCUT2D eigenvalue weighted by molar-refractivity contribution is 7.16. The van der Waals surface area contributed by atoms with Crippen molar-refractivity contribution in [2.24, 2.45) is 0 Å². The van der Waals surface area contributed by atoms with Crippen LogP contribution < -0.4 is 0 Å². The molecule has 0 bridgehead atoms. The molecule has 0 N–H and O–H groups in total. The van der Waals surface area contributed by atoms with Crippen LogP contribution in [0, 0.1) is 0 Å². The van der Waals surface area contributed by atoms with E-state index < -0.39 is 0 Å². The Hall–Kier alpha value is -2.46. The van der Waals surface area contributed by atoms with E-state index in [1.54, 1.807) is 0 Å². The number of thiazole rings is 1. The van der Waals surface area contributed by atoms with Crippen LogP contribution in [0.4, 0.5) is 0 Å². The molecule has 112 valence electrons. The van der Waals surface area contributed by atoms with Gasteiger partial charge < -0.3 is 0 Å². The molecule has 0 saturated carbocycles. The second-order valence-electron chi connectivity index (χ2n) is 6.50. The van der Waals surface area contributed by atoms with Crippen LogP contribution in [0.2, 0.25) is 0 Å². The van der Waals surface area contributed by atoms with Gasteiger partial charge in [-0.2, -0.15) is 0 Å². The van der Waals surface area contributed by atoms with E-state index in [4.69, 9.17) is 0 Å². The lowest BCUT2D eigenvalue weighted by molar-refractivity contribution is 0.112. The predicted molar refractivity (Wildman–Crippen MR) is 94.0 cm³/mol. The van der Waals surface area contributed by atoms with Crippen LogP contribution in [0.25, 0.3) is 26.8 Å². The van der Waals surface area contributed by atoms with Gasteiger partial charge in [-0.15, -0.1) is 0 Å². The maximum atomic E-state index is 11.3. The van der Waals surface area contributed by atoms with Gasteiger partial charge in [-0.3, -0.25) is 9.36 Å². The van der Waals surface area contributed by atoms with Crippen LogP contribution in [-0.4, -0.2) is 15.8 Å². The van der Waals surface area contributed by atoms with E-state index >= 15 is 0 Å². The Morgan fingerprint density at radius 1 is 1.09 bits per heavy atom. The summed E-state index contributed by atoms with van der Waals surface area (Å²) in [5.74, 6) is 0. The summed E-state index contributed by atoms with van der Waals surface area (Å²) in [5.41, 5.74) is 4.46. The van der Waals surface area contributed by atoms with Gasteiger partial charge in [-0.05, 0) is 25.5 Å². The highest BCUT2D eigenvalue weighted by Crippen LogP contribution is 2.48. The number of para-hydroxylation sites is 2. The normalized spacial score (nSPS) is 15.0. The predicted octanol–water partition coefficient (Wildman–Crippen LogP) is 4.69. The second-order valence-corrected chi connectivity index (χ2v) is 7.51. The summed E-state index contributed by atoms with van der Waals surface area (Å²) in [5, 5.41) is 4.12. The number of rotatable bonds is 1. The first kappa shape index (κ1) is 13.0. The summed E-state index contributed by atoms with van der Waals surface area (Å²) in [6, 6.07) is 14.9. The van der Waals surface area contributed by atoms with E-state index in [9.17, 15) is 4.79 Å². The first-order chi connectivity index (χ1) is 11.1. The van der Waals surface area contributed by atoms with Gasteiger partial charge in [0.2, 0.25) is 0 Å². The van der Waals surface area contributed by atoms with E-state index in [0.29, 0.717) is 5.01 Å². The maximum Gasteiger partial charge on any atom is 0.178 e. The van der Waals surface area contributed by atoms with Crippen LogP contribution >= 0.6 is 11.3 Å². The lowest BCUT2D eigenvalue weighted by Gasteiger charge is -2.30. The number of benzene rings is 2. The SMILES string of the molecule is CC1(C)c2nc(C=O)sc2-n2c3ccccc3c3cccc1c32. The van der Waals surface area contributed by atoms with Crippen LogP contribution in [0.15, 0.2) is 42.5 Å². The van der Waals surface area contributed by atoms with Crippen molar-refractivity contribution in [3.05, 3.63) is 58.7 Å². The fraction of sp³-hybridized carbons (Fsp3) is 0.158. The molecule has 1 aliphatic rings. The number of hydrogen-bond acceptors (Lipinski definition) is 3. The van der Waals surface area contributed by atoms with Gasteiger partial charge in [0.15, 0.2) is 11.3 Å². The van der Waals surface area contributed by atoms with Crippen molar-refractivity contribution in [2.45, 2.75) is 19.3 Å². The van der Waals surface area contributed by atoms with Crippen molar-refractivity contribution in [3.8, 4) is 5.00 Å². The lowest BCUT2D eigenvalue weighted by atomic mass is 9.79. The van der Waals surface area contributed by atoms with Gasteiger partial charge in [-0.1, -0.05) is 47.7 Å². The van der Waals surface area contributed by atoms with Crippen molar-refractivity contribution >= 4 is 39.4 Å². The number of fused-ring (bicyclic) bond motifs is 5. The molecule has 5 rings (SSSR count). The summed E-state index contributed by atoms with van der Waals surface area (Å²) < 4.78 is 2.28. The summed E-state index contributed by atoms with van der Waals surface area (Å²) in [7, 11) is 0. The molecule has 0 saturated heterocycles. The fourth-order valence-electron chi connectivity index (χ4n) is 3.80. The minimum absolute atomic E-state index is 0.211. The molecular weight excluding hydrogens is 304 g/mol. The molecule has 0 radical (unpaired) electrons. The summed E-state index contributed by atoms with van der Waals surface area (Å²) in [6.45, 7) is 4.38. The van der Waals surface area contributed by atoms with Crippen LogP contribution in [-0.2, 0) is 5.41 Å². The summed E-state index contributed by atoms with van der Waals surface area (Å²) in [6.07, 6.45) is 0.854. The summed E-state index contributed by atoms with van der Waals surface area (Å²) in [4.78, 5) is 15.9. The van der Waals surface area contributed by atoms with Crippen LogP contribution in [0.5, 0.6) is 0 Å². The van der Waals surface area contributed by atoms with Gasteiger partial charge in [0.05, 0.1) is 16.7 Å². The maximum absolute atomic E-state index is 11.3. The van der Waals surface area contributed by atoms with Crippen molar-refractivity contribution < 1.29 is 4.79 Å². The van der Waals surface area contributed by atoms with E-state index in [1.807, 2.05) is 0 Å². The van der Waals surface area contributed by atoms with Gasteiger partial charge >= 0.3 is 0 Å². The Morgan fingerprint density at radius 3 is 2.70 bits per heavy atom. The van der Waals surface area contributed by atoms with E-state index in [-0.39, 0.29) is 5.41 Å². The molecule has 4 aromatic rings. The number of aromatic nitrogens is 2. The number of carbonyl (C=O) groups excluding carboxylic acids is 1. The van der Waals surface area contributed by atoms with Crippen molar-refractivity contribution in [1.29, 1.82) is 0 Å². The number of nitrogens with zero attached hydrogens (tertiary/aromatic N) is 2. The van der Waals surface area contributed by atoms with Gasteiger partial charge in [0.1, 0.15) is 5.00 Å². The minimum Gasteiger partial charge on any atom is -0.299 e. The van der Waals surface area contributed by atoms with Crippen LogP contribution in [0.3, 0.4) is 0 Å². The molecule has 3 heterocycles. The Morgan fingerprint density at radius 2 is 1.87 bits per heavy atom. The smallest absolute Gasteiger partial charge is 0.178 e. The molecule has 2 aromatic carbocycles. The first-order valence-corrected chi connectivity index (χ1v) is 8.44. The molecule has 0 aliphatic carbocycles. The molecule has 0 unspecified atom stereocenters. The third-order valence-corrected chi connectivity index (χ3v) is 5.86. The zero-order valence-electron chi connectivity index (χ0n) is 12.8. The molecule has 0 atom stereocenters. The van der Waals surface area contributed by atoms with Crippen molar-refractivity contribution in [1.82, 2.24) is 9.55 Å². The lowest BCUT2D eigenvalue weighted by Crippen LogP contribution is -2.25. The largest absolute Gasteiger partial charge is 0.299 e. The average molecular weight is 318 g/mol. The third kappa shape index (κ3) is 1.44. The second kappa shape index (κ2) is 4.09. The van der Waals surface area contributed by atoms with Crippen LogP contribution in [0.1, 0.15) is 34.9 Å². The van der Waals surface area contributed by atoms with Gasteiger partial charge in [0.25, 0.3) is 0 Å². The Bertz CT molecular complexity index is 1120. The minimum atomic E-state index is -0.211. The van der Waals surface area contributed by atoms with Crippen molar-refractivity contribution in [2.75, 3.05) is 0 Å². The molecule has 4 heteroatoms. The monoisotopic (exact) mass is 318 g/mol. The standard InChI is InChI=1S/C19H14N2OS/c1-19(2)13-8-5-7-12-11-6-3-4-9-14(11)21(16(12)13)18-17(19)20-15(10-22)23-18/h3-10H,1-2H3. The number of carbonyl (C=O) groups is 1. The third-order valence-electron chi connectivity index (χ3n) is 4.89. The highest BCUT2D eigenvalue weighted by atomic mass is 32.1. The number of hydrogen-bond donors (Lipinski definition) is 0. The molecule has 0 spiro atoms. The topological polar surface area (TPSA) is 34.9 Å². The Labute approximate surface area is 137 Å². The fourth-order valence-corrected chi connectivity index (χ4v) is 4.86. The number of aldehydes is 1.